The number of nitrogens with zero attached hydrogens (tertiary/aromatic N) is 1. The maximum Gasteiger partial charge on any atom is 0.317 e. The average molecular weight is 322 g/mol. The monoisotopic (exact) mass is 322 g/mol. The minimum absolute atomic E-state index is 0.0793. The number of nitrogens with one attached hydrogen (secondary N) is 1. The predicted octanol–water partition coefficient (Wildman–Crippen LogP) is 1.59. The smallest absolute Gasteiger partial charge is 0.317 e. The highest BCUT2D eigenvalue weighted by Crippen LogP contribution is 2.22. The Balaban J connectivity index is 1.59. The van der Waals surface area contributed by atoms with E-state index < -0.39 is 9.84 Å². The van der Waals surface area contributed by atoms with Gasteiger partial charge in [-0.05, 0) is 31.2 Å². The van der Waals surface area contributed by atoms with Gasteiger partial charge in [0.15, 0.2) is 9.84 Å². The van der Waals surface area contributed by atoms with Crippen molar-refractivity contribution in [2.45, 2.75) is 37.8 Å². The van der Waals surface area contributed by atoms with Gasteiger partial charge >= 0.3 is 6.03 Å². The first-order chi connectivity index (χ1) is 10.5. The van der Waals surface area contributed by atoms with Crippen LogP contribution in [0.3, 0.4) is 0 Å². The number of carbonyl (C=O) groups is 1. The van der Waals surface area contributed by atoms with Gasteiger partial charge in [0.1, 0.15) is 0 Å². The summed E-state index contributed by atoms with van der Waals surface area (Å²) in [6.07, 6.45) is 3.40. The van der Waals surface area contributed by atoms with E-state index in [1.165, 1.54) is 5.56 Å². The third-order valence-electron chi connectivity index (χ3n) is 4.51. The summed E-state index contributed by atoms with van der Waals surface area (Å²) in [4.78, 5) is 14.3. The van der Waals surface area contributed by atoms with Gasteiger partial charge in [-0.25, -0.2) is 13.2 Å². The fourth-order valence-corrected chi connectivity index (χ4v) is 5.04. The Kier molecular flexibility index (Phi) is 4.38. The second-order valence-electron chi connectivity index (χ2n) is 6.23. The first-order valence-corrected chi connectivity index (χ1v) is 9.67. The Bertz CT molecular complexity index is 630. The van der Waals surface area contributed by atoms with Crippen molar-refractivity contribution in [1.29, 1.82) is 0 Å². The van der Waals surface area contributed by atoms with Crippen LogP contribution in [0.2, 0.25) is 0 Å². The van der Waals surface area contributed by atoms with Crippen LogP contribution in [0.5, 0.6) is 0 Å². The number of hydrogen-bond acceptors (Lipinski definition) is 3. The summed E-state index contributed by atoms with van der Waals surface area (Å²) >= 11 is 0. The molecule has 1 N–H and O–H groups in total. The van der Waals surface area contributed by atoms with E-state index in [2.05, 4.69) is 17.4 Å². The third kappa shape index (κ3) is 3.61. The summed E-state index contributed by atoms with van der Waals surface area (Å²) in [6.45, 7) is 0.753. The molecule has 2 aliphatic heterocycles. The number of carbonyl (C=O) groups excluding carboxylic acids is 1. The molecule has 0 spiro atoms. The van der Waals surface area contributed by atoms with E-state index in [0.717, 1.165) is 25.8 Å². The standard InChI is InChI=1S/C16H22N2O3S/c19-16(17-14-8-10-22(20,21)12-14)18-9-4-7-15(18)11-13-5-2-1-3-6-13/h1-3,5-6,14-15H,4,7-12H2,(H,17,19)/t14-,15+/m0/s1. The first-order valence-electron chi connectivity index (χ1n) is 7.85. The molecule has 2 heterocycles. The molecule has 2 amide bonds. The van der Waals surface area contributed by atoms with E-state index in [1.807, 2.05) is 23.1 Å². The molecular formula is C16H22N2O3S. The first kappa shape index (κ1) is 15.3. The lowest BCUT2D eigenvalue weighted by Gasteiger charge is -2.26. The molecule has 0 aromatic heterocycles. The van der Waals surface area contributed by atoms with Crippen LogP contribution in [0, 0.1) is 0 Å². The molecule has 0 saturated carbocycles. The van der Waals surface area contributed by atoms with Crippen LogP contribution >= 0.6 is 0 Å². The predicted molar refractivity (Wildman–Crippen MR) is 85.5 cm³/mol. The Morgan fingerprint density at radius 3 is 2.68 bits per heavy atom. The maximum absolute atomic E-state index is 12.4. The molecule has 1 aromatic rings. The van der Waals surface area contributed by atoms with Crippen molar-refractivity contribution in [1.82, 2.24) is 10.2 Å². The molecule has 0 radical (unpaired) electrons. The quantitative estimate of drug-likeness (QED) is 0.919. The van der Waals surface area contributed by atoms with Crippen molar-refractivity contribution < 1.29 is 13.2 Å². The Labute approximate surface area is 131 Å². The third-order valence-corrected chi connectivity index (χ3v) is 6.28. The molecule has 0 aliphatic carbocycles. The SMILES string of the molecule is O=C(N[C@H]1CCS(=O)(=O)C1)N1CCC[C@@H]1Cc1ccccc1. The van der Waals surface area contributed by atoms with Crippen LogP contribution < -0.4 is 5.32 Å². The number of rotatable bonds is 3. The van der Waals surface area contributed by atoms with E-state index >= 15 is 0 Å². The lowest BCUT2D eigenvalue weighted by molar-refractivity contribution is 0.189. The number of amides is 2. The molecule has 2 saturated heterocycles. The molecule has 6 heteroatoms. The zero-order chi connectivity index (χ0) is 15.6. The molecule has 0 unspecified atom stereocenters. The van der Waals surface area contributed by atoms with Crippen molar-refractivity contribution in [3.63, 3.8) is 0 Å². The topological polar surface area (TPSA) is 66.5 Å². The lowest BCUT2D eigenvalue weighted by atomic mass is 10.0. The summed E-state index contributed by atoms with van der Waals surface area (Å²) in [5.74, 6) is 0.265. The molecule has 2 fully saturated rings. The van der Waals surface area contributed by atoms with Crippen molar-refractivity contribution in [2.24, 2.45) is 0 Å². The Morgan fingerprint density at radius 2 is 2.00 bits per heavy atom. The van der Waals surface area contributed by atoms with Crippen molar-refractivity contribution in [3.05, 3.63) is 35.9 Å². The van der Waals surface area contributed by atoms with Gasteiger partial charge in [-0.3, -0.25) is 0 Å². The number of benzene rings is 1. The second kappa shape index (κ2) is 6.28. The van der Waals surface area contributed by atoms with E-state index in [0.29, 0.717) is 6.42 Å². The van der Waals surface area contributed by atoms with Gasteiger partial charge in [0.05, 0.1) is 11.5 Å². The van der Waals surface area contributed by atoms with Crippen molar-refractivity contribution in [2.75, 3.05) is 18.1 Å². The normalized spacial score (nSPS) is 27.0. The van der Waals surface area contributed by atoms with E-state index in [9.17, 15) is 13.2 Å². The van der Waals surface area contributed by atoms with Gasteiger partial charge < -0.3 is 10.2 Å². The number of urea groups is 1. The van der Waals surface area contributed by atoms with Crippen LogP contribution in [0.15, 0.2) is 30.3 Å². The molecule has 2 aliphatic rings. The molecule has 120 valence electrons. The van der Waals surface area contributed by atoms with Crippen LogP contribution in [-0.4, -0.2) is 49.5 Å². The van der Waals surface area contributed by atoms with Crippen LogP contribution in [0.4, 0.5) is 4.79 Å². The highest BCUT2D eigenvalue weighted by Gasteiger charge is 2.33. The van der Waals surface area contributed by atoms with Gasteiger partial charge in [0, 0.05) is 18.6 Å². The van der Waals surface area contributed by atoms with Gasteiger partial charge in [0.2, 0.25) is 0 Å². The van der Waals surface area contributed by atoms with Gasteiger partial charge in [-0.15, -0.1) is 0 Å². The molecule has 2 atom stereocenters. The van der Waals surface area contributed by atoms with Crippen LogP contribution in [0.25, 0.3) is 0 Å². The molecule has 1 aromatic carbocycles. The zero-order valence-corrected chi connectivity index (χ0v) is 13.4. The zero-order valence-electron chi connectivity index (χ0n) is 12.6. The second-order valence-corrected chi connectivity index (χ2v) is 8.46. The van der Waals surface area contributed by atoms with Crippen LogP contribution in [-0.2, 0) is 16.3 Å². The fourth-order valence-electron chi connectivity index (χ4n) is 3.37. The van der Waals surface area contributed by atoms with Gasteiger partial charge in [-0.2, -0.15) is 0 Å². The molecular weight excluding hydrogens is 300 g/mol. The maximum atomic E-state index is 12.4. The van der Waals surface area contributed by atoms with E-state index in [1.54, 1.807) is 0 Å². The minimum atomic E-state index is -2.96. The average Bonchev–Trinajstić information content (AvgIpc) is 3.06. The summed E-state index contributed by atoms with van der Waals surface area (Å²) < 4.78 is 23.0. The van der Waals surface area contributed by atoms with Crippen molar-refractivity contribution in [3.8, 4) is 0 Å². The summed E-state index contributed by atoms with van der Waals surface area (Å²) in [6, 6.07) is 10.0. The summed E-state index contributed by atoms with van der Waals surface area (Å²) in [7, 11) is -2.96. The summed E-state index contributed by atoms with van der Waals surface area (Å²) in [5, 5.41) is 2.90. The van der Waals surface area contributed by atoms with Crippen LogP contribution in [0.1, 0.15) is 24.8 Å². The molecule has 22 heavy (non-hydrogen) atoms. The largest absolute Gasteiger partial charge is 0.334 e. The minimum Gasteiger partial charge on any atom is -0.334 e. The van der Waals surface area contributed by atoms with E-state index in [-0.39, 0.29) is 29.6 Å². The molecule has 3 rings (SSSR count). The number of hydrogen-bond donors (Lipinski definition) is 1. The highest BCUT2D eigenvalue weighted by atomic mass is 32.2. The lowest BCUT2D eigenvalue weighted by Crippen LogP contribution is -2.47. The number of likely N-dealkylation sites (tertiary alicyclic amines) is 1. The Morgan fingerprint density at radius 1 is 1.23 bits per heavy atom. The van der Waals surface area contributed by atoms with E-state index in [4.69, 9.17) is 0 Å². The number of sulfone groups is 1. The van der Waals surface area contributed by atoms with Gasteiger partial charge in [-0.1, -0.05) is 30.3 Å². The summed E-state index contributed by atoms with van der Waals surface area (Å²) in [5.41, 5.74) is 1.23. The highest BCUT2D eigenvalue weighted by molar-refractivity contribution is 7.91. The Hall–Kier alpha value is -1.56. The van der Waals surface area contributed by atoms with Gasteiger partial charge in [0.25, 0.3) is 0 Å². The fraction of sp³-hybridized carbons (Fsp3) is 0.562. The molecule has 5 nitrogen and oxygen atoms in total. The molecule has 0 bridgehead atoms. The van der Waals surface area contributed by atoms with Crippen molar-refractivity contribution >= 4 is 15.9 Å².